The molecule has 1 atom stereocenters. The number of fused-ring (bicyclic) bond motifs is 3. The molecule has 2 nitrogen and oxygen atoms in total. The first kappa shape index (κ1) is 9.40. The Bertz CT molecular complexity index is 572. The molecule has 3 rings (SSSR count). The first-order valence-corrected chi connectivity index (χ1v) is 5.54. The second-order valence-electron chi connectivity index (χ2n) is 4.08. The fourth-order valence-electron chi connectivity index (χ4n) is 2.39. The molecule has 2 aromatic carbocycles. The monoisotopic (exact) mass is 212 g/mol. The van der Waals surface area contributed by atoms with Gasteiger partial charge in [-0.1, -0.05) is 37.3 Å². The number of esters is 1. The molecule has 16 heavy (non-hydrogen) atoms. The highest BCUT2D eigenvalue weighted by atomic mass is 16.5. The van der Waals surface area contributed by atoms with Crippen molar-refractivity contribution in [2.45, 2.75) is 19.3 Å². The lowest BCUT2D eigenvalue weighted by Gasteiger charge is -2.06. The SMILES string of the molecule is CCC1C(=O)Oc2ccc3ccccc3c21. The first-order chi connectivity index (χ1) is 7.81. The minimum Gasteiger partial charge on any atom is -0.426 e. The maximum atomic E-state index is 11.7. The average Bonchev–Trinajstić information content (AvgIpc) is 2.65. The van der Waals surface area contributed by atoms with Gasteiger partial charge in [0.2, 0.25) is 0 Å². The van der Waals surface area contributed by atoms with Gasteiger partial charge in [0.05, 0.1) is 5.92 Å². The van der Waals surface area contributed by atoms with Crippen LogP contribution < -0.4 is 4.74 Å². The van der Waals surface area contributed by atoms with Crippen LogP contribution in [0.3, 0.4) is 0 Å². The zero-order valence-corrected chi connectivity index (χ0v) is 9.07. The summed E-state index contributed by atoms with van der Waals surface area (Å²) in [5, 5.41) is 2.30. The van der Waals surface area contributed by atoms with Crippen LogP contribution in [0.2, 0.25) is 0 Å². The van der Waals surface area contributed by atoms with Gasteiger partial charge in [0.15, 0.2) is 0 Å². The summed E-state index contributed by atoms with van der Waals surface area (Å²) in [5.74, 6) is 0.519. The summed E-state index contributed by atoms with van der Waals surface area (Å²) in [6.45, 7) is 2.02. The molecule has 1 unspecified atom stereocenters. The van der Waals surface area contributed by atoms with Gasteiger partial charge in [-0.3, -0.25) is 4.79 Å². The molecular weight excluding hydrogens is 200 g/mol. The Hall–Kier alpha value is -1.83. The Morgan fingerprint density at radius 1 is 1.19 bits per heavy atom. The standard InChI is InChI=1S/C14H12O2/c1-2-10-13-11-6-4-3-5-9(11)7-8-12(13)16-14(10)15/h3-8,10H,2H2,1H3. The zero-order chi connectivity index (χ0) is 11.1. The molecule has 1 aliphatic rings. The topological polar surface area (TPSA) is 26.3 Å². The minimum absolute atomic E-state index is 0.0962. The number of carbonyl (C=O) groups excluding carboxylic acids is 1. The molecule has 0 radical (unpaired) electrons. The van der Waals surface area contributed by atoms with Crippen LogP contribution in [0.5, 0.6) is 5.75 Å². The Labute approximate surface area is 93.8 Å². The number of benzene rings is 2. The predicted molar refractivity (Wildman–Crippen MR) is 62.6 cm³/mol. The van der Waals surface area contributed by atoms with E-state index < -0.39 is 0 Å². The molecule has 0 aliphatic carbocycles. The van der Waals surface area contributed by atoms with E-state index in [2.05, 4.69) is 12.1 Å². The summed E-state index contributed by atoms with van der Waals surface area (Å²) in [5.41, 5.74) is 1.06. The molecule has 0 fully saturated rings. The van der Waals surface area contributed by atoms with Gasteiger partial charge in [-0.25, -0.2) is 0 Å². The second kappa shape index (κ2) is 3.34. The van der Waals surface area contributed by atoms with E-state index in [1.807, 2.05) is 31.2 Å². The molecule has 2 heteroatoms. The quantitative estimate of drug-likeness (QED) is 0.535. The maximum Gasteiger partial charge on any atom is 0.318 e. The van der Waals surface area contributed by atoms with Crippen molar-refractivity contribution in [3.05, 3.63) is 42.0 Å². The number of rotatable bonds is 1. The van der Waals surface area contributed by atoms with Crippen molar-refractivity contribution in [2.24, 2.45) is 0 Å². The summed E-state index contributed by atoms with van der Waals surface area (Å²) < 4.78 is 5.28. The average molecular weight is 212 g/mol. The van der Waals surface area contributed by atoms with Crippen LogP contribution in [-0.2, 0) is 4.79 Å². The summed E-state index contributed by atoms with van der Waals surface area (Å²) in [7, 11) is 0. The van der Waals surface area contributed by atoms with Gasteiger partial charge < -0.3 is 4.74 Å². The third-order valence-electron chi connectivity index (χ3n) is 3.18. The molecule has 80 valence electrons. The predicted octanol–water partition coefficient (Wildman–Crippen LogP) is 3.25. The molecule has 0 saturated heterocycles. The molecule has 0 amide bonds. The summed E-state index contributed by atoms with van der Waals surface area (Å²) >= 11 is 0. The molecule has 1 heterocycles. The van der Waals surface area contributed by atoms with E-state index in [-0.39, 0.29) is 11.9 Å². The molecular formula is C14H12O2. The highest BCUT2D eigenvalue weighted by Crippen LogP contribution is 2.41. The van der Waals surface area contributed by atoms with Gasteiger partial charge >= 0.3 is 5.97 Å². The second-order valence-corrected chi connectivity index (χ2v) is 4.08. The Balaban J connectivity index is 2.35. The molecule has 0 saturated carbocycles. The van der Waals surface area contributed by atoms with E-state index in [4.69, 9.17) is 4.74 Å². The highest BCUT2D eigenvalue weighted by molar-refractivity contribution is 5.97. The minimum atomic E-state index is -0.117. The van der Waals surface area contributed by atoms with Gasteiger partial charge in [0, 0.05) is 5.56 Å². The van der Waals surface area contributed by atoms with Crippen LogP contribution in [-0.4, -0.2) is 5.97 Å². The Kier molecular flexibility index (Phi) is 1.96. The normalized spacial score (nSPS) is 18.6. The van der Waals surface area contributed by atoms with E-state index in [1.165, 1.54) is 0 Å². The van der Waals surface area contributed by atoms with Gasteiger partial charge in [0.25, 0.3) is 0 Å². The van der Waals surface area contributed by atoms with Crippen molar-refractivity contribution in [3.8, 4) is 5.75 Å². The molecule has 1 aliphatic heterocycles. The van der Waals surface area contributed by atoms with E-state index in [0.29, 0.717) is 0 Å². The Morgan fingerprint density at radius 2 is 2.00 bits per heavy atom. The van der Waals surface area contributed by atoms with Crippen molar-refractivity contribution >= 4 is 16.7 Å². The fraction of sp³-hybridized carbons (Fsp3) is 0.214. The summed E-state index contributed by atoms with van der Waals surface area (Å²) in [4.78, 5) is 11.7. The van der Waals surface area contributed by atoms with Crippen LogP contribution in [0.25, 0.3) is 10.8 Å². The van der Waals surface area contributed by atoms with Crippen molar-refractivity contribution < 1.29 is 9.53 Å². The molecule has 0 aromatic heterocycles. The number of ether oxygens (including phenoxy) is 1. The lowest BCUT2D eigenvalue weighted by molar-refractivity contribution is -0.134. The summed E-state index contributed by atoms with van der Waals surface area (Å²) in [6, 6.07) is 12.0. The molecule has 0 N–H and O–H groups in total. The smallest absolute Gasteiger partial charge is 0.318 e. The number of carbonyl (C=O) groups is 1. The van der Waals surface area contributed by atoms with E-state index >= 15 is 0 Å². The van der Waals surface area contributed by atoms with Crippen LogP contribution in [0.1, 0.15) is 24.8 Å². The van der Waals surface area contributed by atoms with Gasteiger partial charge in [-0.15, -0.1) is 0 Å². The van der Waals surface area contributed by atoms with Gasteiger partial charge in [0.1, 0.15) is 5.75 Å². The van der Waals surface area contributed by atoms with Crippen LogP contribution in [0, 0.1) is 0 Å². The van der Waals surface area contributed by atoms with Crippen LogP contribution in [0.4, 0.5) is 0 Å². The van der Waals surface area contributed by atoms with Crippen molar-refractivity contribution in [1.82, 2.24) is 0 Å². The third kappa shape index (κ3) is 1.16. The lowest BCUT2D eigenvalue weighted by atomic mass is 9.93. The van der Waals surface area contributed by atoms with E-state index in [9.17, 15) is 4.79 Å². The molecule has 0 bridgehead atoms. The summed E-state index contributed by atoms with van der Waals surface area (Å²) in [6.07, 6.45) is 0.792. The maximum absolute atomic E-state index is 11.7. The zero-order valence-electron chi connectivity index (χ0n) is 9.07. The highest BCUT2D eigenvalue weighted by Gasteiger charge is 2.32. The number of hydrogen-bond acceptors (Lipinski definition) is 2. The van der Waals surface area contributed by atoms with E-state index in [0.717, 1.165) is 28.5 Å². The van der Waals surface area contributed by atoms with Crippen molar-refractivity contribution in [1.29, 1.82) is 0 Å². The van der Waals surface area contributed by atoms with Gasteiger partial charge in [-0.05, 0) is 23.3 Å². The van der Waals surface area contributed by atoms with Crippen molar-refractivity contribution in [3.63, 3.8) is 0 Å². The van der Waals surface area contributed by atoms with Crippen LogP contribution >= 0.6 is 0 Å². The van der Waals surface area contributed by atoms with Gasteiger partial charge in [-0.2, -0.15) is 0 Å². The number of hydrogen-bond donors (Lipinski definition) is 0. The first-order valence-electron chi connectivity index (χ1n) is 5.54. The molecule has 2 aromatic rings. The van der Waals surface area contributed by atoms with E-state index in [1.54, 1.807) is 0 Å². The third-order valence-corrected chi connectivity index (χ3v) is 3.18. The van der Waals surface area contributed by atoms with Crippen molar-refractivity contribution in [2.75, 3.05) is 0 Å². The largest absolute Gasteiger partial charge is 0.426 e. The fourth-order valence-corrected chi connectivity index (χ4v) is 2.39. The Morgan fingerprint density at radius 3 is 2.81 bits per heavy atom. The lowest BCUT2D eigenvalue weighted by Crippen LogP contribution is -2.08. The van der Waals surface area contributed by atoms with Crippen LogP contribution in [0.15, 0.2) is 36.4 Å². The molecule has 0 spiro atoms.